The van der Waals surface area contributed by atoms with Crippen LogP contribution in [0.25, 0.3) is 66.5 Å². The average molecular weight is 537 g/mol. The minimum atomic E-state index is 0.590. The van der Waals surface area contributed by atoms with Gasteiger partial charge < -0.3 is 0 Å². The highest BCUT2D eigenvalue weighted by Gasteiger charge is 2.19. The molecule has 0 bridgehead atoms. The van der Waals surface area contributed by atoms with Crippen molar-refractivity contribution in [1.29, 1.82) is 10.5 Å². The molecule has 8 rings (SSSR count). The van der Waals surface area contributed by atoms with Gasteiger partial charge in [-0.05, 0) is 77.9 Å². The summed E-state index contributed by atoms with van der Waals surface area (Å²) < 4.78 is 4.25. The van der Waals surface area contributed by atoms with E-state index in [0.29, 0.717) is 16.9 Å². The number of rotatable bonds is 3. The van der Waals surface area contributed by atoms with Crippen molar-refractivity contribution < 1.29 is 0 Å². The van der Waals surface area contributed by atoms with Crippen LogP contribution in [0, 0.1) is 22.7 Å². The van der Waals surface area contributed by atoms with Crippen LogP contribution in [-0.4, -0.2) is 19.1 Å². The minimum Gasteiger partial charge on any atom is -0.294 e. The molecule has 0 spiro atoms. The molecule has 0 fully saturated rings. The highest BCUT2D eigenvalue weighted by molar-refractivity contribution is 6.10. The molecule has 4 heterocycles. The van der Waals surface area contributed by atoms with Crippen LogP contribution in [0.4, 0.5) is 0 Å². The van der Waals surface area contributed by atoms with Crippen LogP contribution in [0.1, 0.15) is 11.1 Å². The van der Waals surface area contributed by atoms with E-state index in [0.717, 1.165) is 60.7 Å². The van der Waals surface area contributed by atoms with Crippen molar-refractivity contribution in [3.8, 4) is 34.9 Å². The third kappa shape index (κ3) is 3.50. The van der Waals surface area contributed by atoms with Crippen LogP contribution < -0.4 is 0 Å². The first-order valence-electron chi connectivity index (χ1n) is 13.5. The summed E-state index contributed by atoms with van der Waals surface area (Å²) in [7, 11) is 0. The highest BCUT2D eigenvalue weighted by Crippen LogP contribution is 2.36. The van der Waals surface area contributed by atoms with Crippen LogP contribution in [0.2, 0.25) is 0 Å². The second-order valence-electron chi connectivity index (χ2n) is 10.2. The first-order valence-corrected chi connectivity index (χ1v) is 13.5. The predicted octanol–water partition coefficient (Wildman–Crippen LogP) is 8.08. The van der Waals surface area contributed by atoms with Crippen molar-refractivity contribution in [2.24, 2.45) is 0 Å². The lowest BCUT2D eigenvalue weighted by Crippen LogP contribution is -2.05. The van der Waals surface area contributed by atoms with E-state index in [1.54, 1.807) is 6.20 Å². The summed E-state index contributed by atoms with van der Waals surface area (Å²) >= 11 is 0. The van der Waals surface area contributed by atoms with Gasteiger partial charge in [-0.15, -0.1) is 0 Å². The van der Waals surface area contributed by atoms with Crippen LogP contribution in [0.5, 0.6) is 0 Å². The van der Waals surface area contributed by atoms with Crippen LogP contribution in [0.15, 0.2) is 121 Å². The Hall–Kier alpha value is -6.24. The number of para-hydroxylation sites is 2. The molecule has 194 valence electrons. The lowest BCUT2D eigenvalue weighted by Gasteiger charge is -2.14. The van der Waals surface area contributed by atoms with Crippen LogP contribution in [-0.2, 0) is 0 Å². The van der Waals surface area contributed by atoms with E-state index in [1.807, 2.05) is 72.8 Å². The van der Waals surface area contributed by atoms with Gasteiger partial charge in [0.2, 0.25) is 0 Å². The Bertz CT molecular complexity index is 2400. The van der Waals surface area contributed by atoms with Crippen molar-refractivity contribution in [3.63, 3.8) is 0 Å². The van der Waals surface area contributed by atoms with E-state index in [1.165, 1.54) is 0 Å². The zero-order chi connectivity index (χ0) is 28.2. The molecule has 42 heavy (non-hydrogen) atoms. The lowest BCUT2D eigenvalue weighted by molar-refractivity contribution is 1.00. The smallest absolute Gasteiger partial charge is 0.146 e. The van der Waals surface area contributed by atoms with E-state index in [2.05, 4.69) is 63.7 Å². The summed E-state index contributed by atoms with van der Waals surface area (Å²) in [5.41, 5.74) is 6.81. The average Bonchev–Trinajstić information content (AvgIpc) is 3.57. The molecule has 4 aromatic heterocycles. The Morgan fingerprint density at radius 2 is 1.14 bits per heavy atom. The summed E-state index contributed by atoms with van der Waals surface area (Å²) in [6, 6.07) is 42.5. The van der Waals surface area contributed by atoms with E-state index in [4.69, 9.17) is 9.97 Å². The fourth-order valence-corrected chi connectivity index (χ4v) is 5.98. The van der Waals surface area contributed by atoms with Gasteiger partial charge in [0.1, 0.15) is 17.3 Å². The van der Waals surface area contributed by atoms with Crippen molar-refractivity contribution in [3.05, 3.63) is 133 Å². The van der Waals surface area contributed by atoms with Crippen molar-refractivity contribution in [2.75, 3.05) is 0 Å². The zero-order valence-electron chi connectivity index (χ0n) is 22.2. The normalized spacial score (nSPS) is 11.3. The molecule has 0 unspecified atom stereocenters. The number of benzene rings is 4. The van der Waals surface area contributed by atoms with Crippen molar-refractivity contribution in [2.45, 2.75) is 0 Å². The summed E-state index contributed by atoms with van der Waals surface area (Å²) in [5.74, 6) is 1.44. The molecule has 0 N–H and O–H groups in total. The van der Waals surface area contributed by atoms with Gasteiger partial charge >= 0.3 is 0 Å². The fourth-order valence-electron chi connectivity index (χ4n) is 5.98. The van der Waals surface area contributed by atoms with Gasteiger partial charge in [-0.3, -0.25) is 9.13 Å². The number of hydrogen-bond donors (Lipinski definition) is 0. The highest BCUT2D eigenvalue weighted by atomic mass is 15.2. The van der Waals surface area contributed by atoms with Gasteiger partial charge in [-0.1, -0.05) is 48.5 Å². The molecule has 0 saturated heterocycles. The first kappa shape index (κ1) is 23.6. The molecule has 0 aliphatic rings. The summed E-state index contributed by atoms with van der Waals surface area (Å²) in [6.07, 6.45) is 1.80. The van der Waals surface area contributed by atoms with Crippen molar-refractivity contribution >= 4 is 43.7 Å². The van der Waals surface area contributed by atoms with E-state index in [-0.39, 0.29) is 0 Å². The quantitative estimate of drug-likeness (QED) is 0.228. The number of pyridine rings is 2. The molecular formula is C36H20N6. The Morgan fingerprint density at radius 1 is 0.500 bits per heavy atom. The molecule has 0 aliphatic heterocycles. The summed E-state index contributed by atoms with van der Waals surface area (Å²) in [4.78, 5) is 10.1. The molecule has 6 nitrogen and oxygen atoms in total. The maximum atomic E-state index is 9.63. The SMILES string of the molecule is N#Cc1cccc(-c2cc(-n3c4ccccc4c4cc(C#N)ccc43)nc(-n3c4ccccc4c4cccnc43)c2)c1. The number of fused-ring (bicyclic) bond motifs is 6. The third-order valence-corrected chi connectivity index (χ3v) is 7.82. The molecule has 4 aromatic carbocycles. The first-order chi connectivity index (χ1) is 20.7. The molecule has 0 saturated carbocycles. The predicted molar refractivity (Wildman–Crippen MR) is 166 cm³/mol. The topological polar surface area (TPSA) is 83.2 Å². The number of nitrogens with zero attached hydrogens (tertiary/aromatic N) is 6. The molecule has 0 amide bonds. The standard InChI is InChI=1S/C36H20N6/c37-21-23-7-5-8-25(17-23)26-19-34(41-31-12-3-2-10-28(31)30-18-24(22-38)14-15-33(30)41)40-35(20-26)42-32-13-4-1-9-27(32)29-11-6-16-39-36(29)42/h1-20H. The number of nitriles is 2. The van der Waals surface area contributed by atoms with Gasteiger partial charge in [0.05, 0.1) is 39.8 Å². The summed E-state index contributed by atoms with van der Waals surface area (Å²) in [5, 5.41) is 23.4. The third-order valence-electron chi connectivity index (χ3n) is 7.82. The van der Waals surface area contributed by atoms with Gasteiger partial charge in [-0.25, -0.2) is 9.97 Å². The van der Waals surface area contributed by atoms with E-state index in [9.17, 15) is 10.5 Å². The monoisotopic (exact) mass is 536 g/mol. The number of hydrogen-bond acceptors (Lipinski definition) is 4. The fraction of sp³-hybridized carbons (Fsp3) is 0. The van der Waals surface area contributed by atoms with Crippen molar-refractivity contribution in [1.82, 2.24) is 19.1 Å². The van der Waals surface area contributed by atoms with E-state index < -0.39 is 0 Å². The van der Waals surface area contributed by atoms with Crippen LogP contribution in [0.3, 0.4) is 0 Å². The Morgan fingerprint density at radius 3 is 1.93 bits per heavy atom. The van der Waals surface area contributed by atoms with Crippen LogP contribution >= 0.6 is 0 Å². The second-order valence-corrected chi connectivity index (χ2v) is 10.2. The molecule has 0 atom stereocenters. The largest absolute Gasteiger partial charge is 0.294 e. The Kier molecular flexibility index (Phi) is 5.15. The number of aromatic nitrogens is 4. The van der Waals surface area contributed by atoms with Gasteiger partial charge in [0.15, 0.2) is 0 Å². The summed E-state index contributed by atoms with van der Waals surface area (Å²) in [6.45, 7) is 0. The molecular weight excluding hydrogens is 516 g/mol. The Labute approximate surface area is 240 Å². The molecule has 0 aliphatic carbocycles. The molecule has 0 radical (unpaired) electrons. The zero-order valence-corrected chi connectivity index (χ0v) is 22.2. The van der Waals surface area contributed by atoms with Gasteiger partial charge in [0.25, 0.3) is 0 Å². The van der Waals surface area contributed by atoms with Gasteiger partial charge in [0, 0.05) is 27.7 Å². The lowest BCUT2D eigenvalue weighted by atomic mass is 10.0. The Balaban J connectivity index is 1.50. The maximum Gasteiger partial charge on any atom is 0.146 e. The van der Waals surface area contributed by atoms with E-state index >= 15 is 0 Å². The minimum absolute atomic E-state index is 0.590. The molecule has 8 aromatic rings. The second kappa shape index (κ2) is 9.16. The maximum absolute atomic E-state index is 9.63. The van der Waals surface area contributed by atoms with Gasteiger partial charge in [-0.2, -0.15) is 10.5 Å². The molecule has 6 heteroatoms.